The maximum atomic E-state index is 13.2. The number of benzene rings is 1. The molecule has 0 saturated carbocycles. The normalized spacial score (nSPS) is 11.8. The molecule has 0 amide bonds. The van der Waals surface area contributed by atoms with Crippen LogP contribution in [0.2, 0.25) is 5.02 Å². The smallest absolute Gasteiger partial charge is 0.242 e. The summed E-state index contributed by atoms with van der Waals surface area (Å²) in [5.74, 6) is -0.260. The number of nitrogens with zero attached hydrogens (tertiary/aromatic N) is 1. The first kappa shape index (κ1) is 15.7. The molecule has 0 aliphatic carbocycles. The van der Waals surface area contributed by atoms with E-state index in [1.165, 1.54) is 0 Å². The van der Waals surface area contributed by atoms with E-state index in [4.69, 9.17) is 21.9 Å². The molecule has 3 N–H and O–H groups in total. The summed E-state index contributed by atoms with van der Waals surface area (Å²) < 4.78 is 44.9. The molecule has 0 atom stereocenters. The SMILES string of the molecule is Cc1noc(C)c1CNS(=O)(=O)c1cc(N)c(F)cc1Cl. The second-order valence-corrected chi connectivity index (χ2v) is 6.57. The topological polar surface area (TPSA) is 98.2 Å². The maximum Gasteiger partial charge on any atom is 0.242 e. The van der Waals surface area contributed by atoms with E-state index in [0.717, 1.165) is 12.1 Å². The lowest BCUT2D eigenvalue weighted by molar-refractivity contribution is 0.392. The summed E-state index contributed by atoms with van der Waals surface area (Å²) in [7, 11) is -3.94. The zero-order valence-corrected chi connectivity index (χ0v) is 12.8. The van der Waals surface area contributed by atoms with Crippen molar-refractivity contribution in [1.82, 2.24) is 9.88 Å². The van der Waals surface area contributed by atoms with Gasteiger partial charge < -0.3 is 10.3 Å². The monoisotopic (exact) mass is 333 g/mol. The van der Waals surface area contributed by atoms with Crippen LogP contribution in [-0.4, -0.2) is 13.6 Å². The third-order valence-electron chi connectivity index (χ3n) is 2.96. The Morgan fingerprint density at radius 2 is 2.10 bits per heavy atom. The average Bonchev–Trinajstić information content (AvgIpc) is 2.71. The fraction of sp³-hybridized carbons (Fsp3) is 0.250. The average molecular weight is 334 g/mol. The molecule has 9 heteroatoms. The number of hydrogen-bond acceptors (Lipinski definition) is 5. The number of aryl methyl sites for hydroxylation is 2. The highest BCUT2D eigenvalue weighted by Crippen LogP contribution is 2.26. The highest BCUT2D eigenvalue weighted by Gasteiger charge is 2.21. The van der Waals surface area contributed by atoms with E-state index in [9.17, 15) is 12.8 Å². The van der Waals surface area contributed by atoms with Gasteiger partial charge >= 0.3 is 0 Å². The Hall–Kier alpha value is -1.64. The Balaban J connectivity index is 2.29. The molecule has 0 spiro atoms. The van der Waals surface area contributed by atoms with Crippen LogP contribution < -0.4 is 10.5 Å². The molecular formula is C12H13ClFN3O3S. The van der Waals surface area contributed by atoms with Gasteiger partial charge in [0.2, 0.25) is 10.0 Å². The highest BCUT2D eigenvalue weighted by atomic mass is 35.5. The molecule has 2 aromatic rings. The Bertz CT molecular complexity index is 770. The van der Waals surface area contributed by atoms with E-state index in [0.29, 0.717) is 17.0 Å². The quantitative estimate of drug-likeness (QED) is 0.835. The second kappa shape index (κ2) is 5.63. The standard InChI is InChI=1S/C12H13ClFN3O3S/c1-6-8(7(2)20-17-6)5-16-21(18,19)12-4-11(15)10(14)3-9(12)13/h3-4,16H,5,15H2,1-2H3. The van der Waals surface area contributed by atoms with Gasteiger partial charge in [-0.05, 0) is 26.0 Å². The van der Waals surface area contributed by atoms with E-state index >= 15 is 0 Å². The van der Waals surface area contributed by atoms with Gasteiger partial charge in [-0.25, -0.2) is 17.5 Å². The first-order valence-corrected chi connectivity index (χ1v) is 7.74. The largest absolute Gasteiger partial charge is 0.396 e. The molecule has 0 bridgehead atoms. The molecule has 114 valence electrons. The molecule has 0 aliphatic heterocycles. The molecule has 1 heterocycles. The van der Waals surface area contributed by atoms with Crippen molar-refractivity contribution < 1.29 is 17.3 Å². The molecule has 0 radical (unpaired) electrons. The molecule has 2 rings (SSSR count). The molecule has 0 aliphatic rings. The predicted molar refractivity (Wildman–Crippen MR) is 75.8 cm³/mol. The molecule has 0 unspecified atom stereocenters. The van der Waals surface area contributed by atoms with Gasteiger partial charge in [0.15, 0.2) is 0 Å². The van der Waals surface area contributed by atoms with Crippen molar-refractivity contribution in [3.63, 3.8) is 0 Å². The number of nitrogens with two attached hydrogens (primary N) is 1. The number of rotatable bonds is 4. The summed E-state index contributed by atoms with van der Waals surface area (Å²) >= 11 is 5.76. The third-order valence-corrected chi connectivity index (χ3v) is 4.83. The van der Waals surface area contributed by atoms with Crippen molar-refractivity contribution in [2.45, 2.75) is 25.3 Å². The Morgan fingerprint density at radius 3 is 2.67 bits per heavy atom. The molecule has 21 heavy (non-hydrogen) atoms. The highest BCUT2D eigenvalue weighted by molar-refractivity contribution is 7.89. The van der Waals surface area contributed by atoms with E-state index in [2.05, 4.69) is 9.88 Å². The minimum Gasteiger partial charge on any atom is -0.396 e. The van der Waals surface area contributed by atoms with Crippen LogP contribution >= 0.6 is 11.6 Å². The molecule has 0 fully saturated rings. The predicted octanol–water partition coefficient (Wildman–Crippen LogP) is 2.14. The third kappa shape index (κ3) is 3.17. The van der Waals surface area contributed by atoms with Crippen molar-refractivity contribution in [3.8, 4) is 0 Å². The van der Waals surface area contributed by atoms with Crippen LogP contribution in [0.4, 0.5) is 10.1 Å². The van der Waals surface area contributed by atoms with Crippen LogP contribution in [0.1, 0.15) is 17.0 Å². The number of halogens is 2. The van der Waals surface area contributed by atoms with Crippen LogP contribution in [0.5, 0.6) is 0 Å². The zero-order valence-electron chi connectivity index (χ0n) is 11.3. The van der Waals surface area contributed by atoms with Crippen molar-refractivity contribution in [2.75, 3.05) is 5.73 Å². The van der Waals surface area contributed by atoms with Gasteiger partial charge in [-0.15, -0.1) is 0 Å². The first-order valence-electron chi connectivity index (χ1n) is 5.88. The minimum atomic E-state index is -3.94. The van der Waals surface area contributed by atoms with Crippen LogP contribution in [0.25, 0.3) is 0 Å². The summed E-state index contributed by atoms with van der Waals surface area (Å²) in [5, 5.41) is 3.48. The Labute approximate surface area is 126 Å². The molecule has 6 nitrogen and oxygen atoms in total. The summed E-state index contributed by atoms with van der Waals surface area (Å²) in [6.07, 6.45) is 0. The van der Waals surface area contributed by atoms with Gasteiger partial charge in [-0.3, -0.25) is 0 Å². The van der Waals surface area contributed by atoms with Gasteiger partial charge in [0, 0.05) is 12.1 Å². The van der Waals surface area contributed by atoms with Gasteiger partial charge in [0.1, 0.15) is 16.5 Å². The number of aromatic nitrogens is 1. The second-order valence-electron chi connectivity index (χ2n) is 4.43. The summed E-state index contributed by atoms with van der Waals surface area (Å²) in [6, 6.07) is 1.84. The lowest BCUT2D eigenvalue weighted by atomic mass is 10.2. The zero-order chi connectivity index (χ0) is 15.8. The van der Waals surface area contributed by atoms with Gasteiger partial charge in [-0.1, -0.05) is 16.8 Å². The van der Waals surface area contributed by atoms with Gasteiger partial charge in [0.05, 0.1) is 16.4 Å². The van der Waals surface area contributed by atoms with Crippen molar-refractivity contribution >= 4 is 27.3 Å². The molecular weight excluding hydrogens is 321 g/mol. The molecule has 1 aromatic carbocycles. The van der Waals surface area contributed by atoms with Crippen molar-refractivity contribution in [3.05, 3.63) is 40.0 Å². The Kier molecular flexibility index (Phi) is 4.22. The summed E-state index contributed by atoms with van der Waals surface area (Å²) in [6.45, 7) is 3.35. The van der Waals surface area contributed by atoms with Crippen LogP contribution in [-0.2, 0) is 16.6 Å². The minimum absolute atomic E-state index is 0.0168. The number of anilines is 1. The molecule has 0 saturated heterocycles. The van der Waals surface area contributed by atoms with Crippen molar-refractivity contribution in [2.24, 2.45) is 0 Å². The maximum absolute atomic E-state index is 13.2. The molecule has 1 aromatic heterocycles. The fourth-order valence-electron chi connectivity index (χ4n) is 1.75. The van der Waals surface area contributed by atoms with Crippen LogP contribution in [0.15, 0.2) is 21.6 Å². The van der Waals surface area contributed by atoms with Gasteiger partial charge in [0.25, 0.3) is 0 Å². The number of nitrogens with one attached hydrogen (secondary N) is 1. The van der Waals surface area contributed by atoms with Crippen LogP contribution in [0.3, 0.4) is 0 Å². The van der Waals surface area contributed by atoms with Crippen LogP contribution in [0, 0.1) is 19.7 Å². The Morgan fingerprint density at radius 1 is 1.43 bits per heavy atom. The number of sulfonamides is 1. The van der Waals surface area contributed by atoms with E-state index in [-0.39, 0.29) is 22.2 Å². The number of nitrogen functional groups attached to an aromatic ring is 1. The van der Waals surface area contributed by atoms with Crippen molar-refractivity contribution in [1.29, 1.82) is 0 Å². The van der Waals surface area contributed by atoms with E-state index in [1.54, 1.807) is 13.8 Å². The van der Waals surface area contributed by atoms with E-state index in [1.807, 2.05) is 0 Å². The summed E-state index contributed by atoms with van der Waals surface area (Å²) in [4.78, 5) is -0.283. The first-order chi connectivity index (χ1) is 9.72. The van der Waals surface area contributed by atoms with Gasteiger partial charge in [-0.2, -0.15) is 0 Å². The number of hydrogen-bond donors (Lipinski definition) is 2. The lowest BCUT2D eigenvalue weighted by Gasteiger charge is -2.09. The van der Waals surface area contributed by atoms with E-state index < -0.39 is 15.8 Å². The fourth-order valence-corrected chi connectivity index (χ4v) is 3.29. The lowest BCUT2D eigenvalue weighted by Crippen LogP contribution is -2.24. The summed E-state index contributed by atoms with van der Waals surface area (Å²) in [5.41, 5.74) is 6.29.